The Hall–Kier alpha value is -1.39. The van der Waals surface area contributed by atoms with Gasteiger partial charge >= 0.3 is 0 Å². The van der Waals surface area contributed by atoms with Crippen LogP contribution in [-0.2, 0) is 11.2 Å². The van der Waals surface area contributed by atoms with E-state index in [9.17, 15) is 4.79 Å². The first-order valence-corrected chi connectivity index (χ1v) is 9.04. The number of carbonyl (C=O) groups excluding carboxylic acids is 1. The zero-order chi connectivity index (χ0) is 15.9. The van der Waals surface area contributed by atoms with Crippen LogP contribution in [0.3, 0.4) is 0 Å². The van der Waals surface area contributed by atoms with E-state index in [4.69, 9.17) is 0 Å². The van der Waals surface area contributed by atoms with E-state index >= 15 is 0 Å². The summed E-state index contributed by atoms with van der Waals surface area (Å²) in [7, 11) is 0. The average Bonchev–Trinajstić information content (AvgIpc) is 3.10. The van der Waals surface area contributed by atoms with Gasteiger partial charge < -0.3 is 15.5 Å². The fourth-order valence-electron chi connectivity index (χ4n) is 4.37. The largest absolute Gasteiger partial charge is 0.333 e. The molecule has 2 saturated heterocycles. The van der Waals surface area contributed by atoms with Crippen LogP contribution in [0.4, 0.5) is 0 Å². The highest BCUT2D eigenvalue weighted by Gasteiger charge is 2.60. The molecule has 2 N–H and O–H groups in total. The first-order valence-electron chi connectivity index (χ1n) is 9.04. The highest BCUT2D eigenvalue weighted by molar-refractivity contribution is 5.83. The van der Waals surface area contributed by atoms with Gasteiger partial charge in [0.2, 0.25) is 5.91 Å². The van der Waals surface area contributed by atoms with Crippen LogP contribution in [0, 0.1) is 11.3 Å². The molecule has 0 aromatic heterocycles. The van der Waals surface area contributed by atoms with Gasteiger partial charge in [-0.3, -0.25) is 4.79 Å². The van der Waals surface area contributed by atoms with Gasteiger partial charge in [0.1, 0.15) is 0 Å². The maximum absolute atomic E-state index is 13.1. The van der Waals surface area contributed by atoms with Crippen LogP contribution in [0.25, 0.3) is 0 Å². The van der Waals surface area contributed by atoms with Gasteiger partial charge in [0.15, 0.2) is 0 Å². The first kappa shape index (κ1) is 15.2. The van der Waals surface area contributed by atoms with E-state index in [1.807, 2.05) is 0 Å². The summed E-state index contributed by atoms with van der Waals surface area (Å²) in [5.41, 5.74) is 2.91. The van der Waals surface area contributed by atoms with Gasteiger partial charge in [-0.1, -0.05) is 31.2 Å². The molecular formula is C19H27N3O. The van der Waals surface area contributed by atoms with Crippen molar-refractivity contribution < 1.29 is 4.79 Å². The standard InChI is InChI=1S/C19H27N3O/c1-2-14-3-5-15(6-4-14)17-12-20-9-10-22(17)18(23)16-11-19(16)7-8-21-13-19/h3-6,16-17,20-21H,2,7-13H2,1H3. The van der Waals surface area contributed by atoms with Crippen molar-refractivity contribution in [3.8, 4) is 0 Å². The Morgan fingerprint density at radius 1 is 1.26 bits per heavy atom. The summed E-state index contributed by atoms with van der Waals surface area (Å²) in [6, 6.07) is 9.00. The van der Waals surface area contributed by atoms with Crippen molar-refractivity contribution >= 4 is 5.91 Å². The first-order chi connectivity index (χ1) is 11.2. The summed E-state index contributed by atoms with van der Waals surface area (Å²) in [5, 5.41) is 6.90. The van der Waals surface area contributed by atoms with E-state index < -0.39 is 0 Å². The maximum atomic E-state index is 13.1. The molecule has 4 rings (SSSR count). The van der Waals surface area contributed by atoms with Crippen molar-refractivity contribution in [2.45, 2.75) is 32.2 Å². The number of nitrogens with zero attached hydrogens (tertiary/aromatic N) is 1. The van der Waals surface area contributed by atoms with Gasteiger partial charge in [-0.05, 0) is 42.3 Å². The predicted octanol–water partition coefficient (Wildman–Crippen LogP) is 1.72. The zero-order valence-electron chi connectivity index (χ0n) is 14.0. The smallest absolute Gasteiger partial charge is 0.226 e. The number of piperazine rings is 1. The van der Waals surface area contributed by atoms with Crippen molar-refractivity contribution in [3.63, 3.8) is 0 Å². The highest BCUT2D eigenvalue weighted by Crippen LogP contribution is 2.57. The number of aryl methyl sites for hydroxylation is 1. The van der Waals surface area contributed by atoms with E-state index in [1.54, 1.807) is 0 Å². The van der Waals surface area contributed by atoms with Crippen molar-refractivity contribution in [1.82, 2.24) is 15.5 Å². The molecular weight excluding hydrogens is 286 g/mol. The molecule has 124 valence electrons. The van der Waals surface area contributed by atoms with Crippen molar-refractivity contribution in [2.24, 2.45) is 11.3 Å². The summed E-state index contributed by atoms with van der Waals surface area (Å²) < 4.78 is 0. The van der Waals surface area contributed by atoms with Crippen molar-refractivity contribution in [3.05, 3.63) is 35.4 Å². The lowest BCUT2D eigenvalue weighted by atomic mass is 9.98. The van der Waals surface area contributed by atoms with E-state index in [1.165, 1.54) is 17.5 Å². The molecule has 23 heavy (non-hydrogen) atoms. The third-order valence-electron chi connectivity index (χ3n) is 6.06. The molecule has 3 aliphatic rings. The SMILES string of the molecule is CCc1ccc(C2CNCCN2C(=O)C2CC23CCNC3)cc1. The lowest BCUT2D eigenvalue weighted by Gasteiger charge is -2.37. The van der Waals surface area contributed by atoms with Crippen molar-refractivity contribution in [2.75, 3.05) is 32.7 Å². The van der Waals surface area contributed by atoms with Gasteiger partial charge in [-0.2, -0.15) is 0 Å². The normalized spacial score (nSPS) is 33.2. The minimum atomic E-state index is 0.189. The summed E-state index contributed by atoms with van der Waals surface area (Å²) in [5.74, 6) is 0.646. The van der Waals surface area contributed by atoms with Crippen LogP contribution in [0.1, 0.15) is 36.9 Å². The monoisotopic (exact) mass is 313 g/mol. The Bertz CT molecular complexity index is 577. The molecule has 1 aromatic rings. The maximum Gasteiger partial charge on any atom is 0.226 e. The van der Waals surface area contributed by atoms with Gasteiger partial charge in [-0.25, -0.2) is 0 Å². The van der Waals surface area contributed by atoms with Crippen LogP contribution >= 0.6 is 0 Å². The molecule has 0 bridgehead atoms. The van der Waals surface area contributed by atoms with Crippen LogP contribution in [0.15, 0.2) is 24.3 Å². The second kappa shape index (κ2) is 5.91. The molecule has 3 atom stereocenters. The number of hydrogen-bond acceptors (Lipinski definition) is 3. The zero-order valence-corrected chi connectivity index (χ0v) is 14.0. The summed E-state index contributed by atoms with van der Waals surface area (Å²) in [6.45, 7) is 6.90. The van der Waals surface area contributed by atoms with E-state index in [0.717, 1.165) is 45.6 Å². The molecule has 4 nitrogen and oxygen atoms in total. The lowest BCUT2D eigenvalue weighted by molar-refractivity contribution is -0.136. The van der Waals surface area contributed by atoms with E-state index in [-0.39, 0.29) is 12.0 Å². The van der Waals surface area contributed by atoms with Crippen LogP contribution < -0.4 is 10.6 Å². The van der Waals surface area contributed by atoms with Gasteiger partial charge in [0.25, 0.3) is 0 Å². The minimum absolute atomic E-state index is 0.189. The third kappa shape index (κ3) is 2.68. The van der Waals surface area contributed by atoms with Crippen LogP contribution in [0.2, 0.25) is 0 Å². The Morgan fingerprint density at radius 3 is 2.78 bits per heavy atom. The Morgan fingerprint density at radius 2 is 2.09 bits per heavy atom. The Balaban J connectivity index is 1.52. The van der Waals surface area contributed by atoms with Crippen LogP contribution in [-0.4, -0.2) is 43.5 Å². The quantitative estimate of drug-likeness (QED) is 0.893. The molecule has 0 radical (unpaired) electrons. The number of hydrogen-bond donors (Lipinski definition) is 2. The molecule has 2 aliphatic heterocycles. The number of amides is 1. The minimum Gasteiger partial charge on any atom is -0.333 e. The molecule has 3 unspecified atom stereocenters. The number of rotatable bonds is 3. The average molecular weight is 313 g/mol. The predicted molar refractivity (Wildman–Crippen MR) is 91.2 cm³/mol. The topological polar surface area (TPSA) is 44.4 Å². The highest BCUT2D eigenvalue weighted by atomic mass is 16.2. The Kier molecular flexibility index (Phi) is 3.90. The lowest BCUT2D eigenvalue weighted by Crippen LogP contribution is -2.49. The number of benzene rings is 1. The number of carbonyl (C=O) groups is 1. The molecule has 4 heteroatoms. The molecule has 1 spiro atoms. The van der Waals surface area contributed by atoms with Gasteiger partial charge in [0.05, 0.1) is 6.04 Å². The molecule has 1 saturated carbocycles. The van der Waals surface area contributed by atoms with Crippen molar-refractivity contribution in [1.29, 1.82) is 0 Å². The molecule has 1 aromatic carbocycles. The Labute approximate surface area is 138 Å². The summed E-state index contributed by atoms with van der Waals surface area (Å²) in [4.78, 5) is 15.2. The molecule has 3 fully saturated rings. The molecule has 2 heterocycles. The second-order valence-corrected chi connectivity index (χ2v) is 7.39. The van der Waals surface area contributed by atoms with Gasteiger partial charge in [-0.15, -0.1) is 0 Å². The summed E-state index contributed by atoms with van der Waals surface area (Å²) >= 11 is 0. The fourth-order valence-corrected chi connectivity index (χ4v) is 4.37. The number of nitrogens with one attached hydrogen (secondary N) is 2. The van der Waals surface area contributed by atoms with E-state index in [2.05, 4.69) is 46.7 Å². The van der Waals surface area contributed by atoms with Gasteiger partial charge in [0, 0.05) is 32.1 Å². The van der Waals surface area contributed by atoms with E-state index in [0.29, 0.717) is 11.3 Å². The molecule has 1 amide bonds. The third-order valence-corrected chi connectivity index (χ3v) is 6.06. The fraction of sp³-hybridized carbons (Fsp3) is 0.632. The summed E-state index contributed by atoms with van der Waals surface area (Å²) in [6.07, 6.45) is 3.32. The second-order valence-electron chi connectivity index (χ2n) is 7.39. The van der Waals surface area contributed by atoms with Crippen LogP contribution in [0.5, 0.6) is 0 Å². The molecule has 1 aliphatic carbocycles.